The van der Waals surface area contributed by atoms with E-state index in [0.29, 0.717) is 25.9 Å². The second-order valence-electron chi connectivity index (χ2n) is 9.47. The van der Waals surface area contributed by atoms with Crippen molar-refractivity contribution >= 4 is 22.9 Å². The Balaban J connectivity index is 1.43. The molecule has 0 aliphatic carbocycles. The lowest BCUT2D eigenvalue weighted by Gasteiger charge is -2.36. The molecule has 1 aliphatic rings. The Labute approximate surface area is 194 Å². The van der Waals surface area contributed by atoms with Crippen LogP contribution in [-0.4, -0.2) is 45.6 Å². The van der Waals surface area contributed by atoms with Crippen LogP contribution in [0.3, 0.4) is 0 Å². The van der Waals surface area contributed by atoms with Crippen LogP contribution in [0.25, 0.3) is 10.9 Å². The van der Waals surface area contributed by atoms with Crippen molar-refractivity contribution in [2.75, 3.05) is 13.1 Å². The lowest BCUT2D eigenvalue weighted by molar-refractivity contribution is -0.133. The molecule has 1 atom stereocenters. The zero-order chi connectivity index (χ0) is 23.4. The molecule has 174 valence electrons. The van der Waals surface area contributed by atoms with Gasteiger partial charge in [-0.1, -0.05) is 18.2 Å². The highest BCUT2D eigenvalue weighted by atomic mass is 16.6. The summed E-state index contributed by atoms with van der Waals surface area (Å²) in [4.78, 5) is 34.8. The highest BCUT2D eigenvalue weighted by Crippen LogP contribution is 2.38. The van der Waals surface area contributed by atoms with Crippen molar-refractivity contribution in [2.24, 2.45) is 0 Å². The molecule has 2 N–H and O–H groups in total. The molecule has 3 aromatic rings. The molecule has 2 amide bonds. The second-order valence-corrected chi connectivity index (χ2v) is 9.47. The molecular weight excluding hydrogens is 416 g/mol. The Morgan fingerprint density at radius 3 is 2.67 bits per heavy atom. The molecule has 1 unspecified atom stereocenters. The minimum Gasteiger partial charge on any atom is -0.444 e. The first-order valence-corrected chi connectivity index (χ1v) is 11.6. The number of hydrogen-bond donors (Lipinski definition) is 2. The summed E-state index contributed by atoms with van der Waals surface area (Å²) >= 11 is 0. The van der Waals surface area contributed by atoms with Gasteiger partial charge in [0, 0.05) is 48.5 Å². The summed E-state index contributed by atoms with van der Waals surface area (Å²) in [5.74, 6) is 0.124. The smallest absolute Gasteiger partial charge is 0.407 e. The molecule has 33 heavy (non-hydrogen) atoms. The molecule has 2 aromatic heterocycles. The van der Waals surface area contributed by atoms with E-state index in [1.165, 1.54) is 10.9 Å². The molecule has 0 fully saturated rings. The van der Waals surface area contributed by atoms with Gasteiger partial charge in [-0.25, -0.2) is 4.79 Å². The summed E-state index contributed by atoms with van der Waals surface area (Å²) in [7, 11) is 0. The number of nitrogens with zero attached hydrogens (tertiary/aromatic N) is 2. The molecule has 0 saturated heterocycles. The third kappa shape index (κ3) is 5.35. The average Bonchev–Trinajstić information content (AvgIpc) is 3.16. The van der Waals surface area contributed by atoms with Gasteiger partial charge in [0.1, 0.15) is 5.60 Å². The van der Waals surface area contributed by atoms with Crippen molar-refractivity contribution < 1.29 is 14.3 Å². The van der Waals surface area contributed by atoms with Crippen LogP contribution in [0.2, 0.25) is 0 Å². The lowest BCUT2D eigenvalue weighted by Crippen LogP contribution is -2.40. The first-order chi connectivity index (χ1) is 15.8. The molecule has 0 radical (unpaired) electrons. The Hall–Kier alpha value is -3.35. The number of hydrogen-bond acceptors (Lipinski definition) is 4. The number of carbonyl (C=O) groups excluding carboxylic acids is 2. The predicted molar refractivity (Wildman–Crippen MR) is 128 cm³/mol. The number of nitrogens with one attached hydrogen (secondary N) is 2. The van der Waals surface area contributed by atoms with Gasteiger partial charge < -0.3 is 19.9 Å². The topological polar surface area (TPSA) is 87.3 Å². The number of H-pyrrole nitrogens is 1. The average molecular weight is 449 g/mol. The summed E-state index contributed by atoms with van der Waals surface area (Å²) < 4.78 is 5.25. The van der Waals surface area contributed by atoms with Gasteiger partial charge in [0.15, 0.2) is 0 Å². The third-order valence-corrected chi connectivity index (χ3v) is 5.86. The fourth-order valence-corrected chi connectivity index (χ4v) is 4.45. The summed E-state index contributed by atoms with van der Waals surface area (Å²) in [5, 5.41) is 3.99. The van der Waals surface area contributed by atoms with Crippen LogP contribution in [0, 0.1) is 0 Å². The van der Waals surface area contributed by atoms with Crippen molar-refractivity contribution in [3.05, 3.63) is 65.6 Å². The van der Waals surface area contributed by atoms with E-state index in [-0.39, 0.29) is 11.9 Å². The molecule has 0 saturated carbocycles. The number of ether oxygens (including phenoxy) is 1. The molecule has 1 aromatic carbocycles. The van der Waals surface area contributed by atoms with Crippen LogP contribution in [0.4, 0.5) is 4.79 Å². The minimum atomic E-state index is -0.516. The van der Waals surface area contributed by atoms with E-state index in [1.807, 2.05) is 43.9 Å². The summed E-state index contributed by atoms with van der Waals surface area (Å²) in [5.41, 5.74) is 4.02. The van der Waals surface area contributed by atoms with Crippen molar-refractivity contribution in [1.82, 2.24) is 20.2 Å². The summed E-state index contributed by atoms with van der Waals surface area (Å²) in [6, 6.07) is 12.1. The van der Waals surface area contributed by atoms with Crippen molar-refractivity contribution in [3.63, 3.8) is 0 Å². The Morgan fingerprint density at radius 1 is 1.15 bits per heavy atom. The normalized spacial score (nSPS) is 15.8. The van der Waals surface area contributed by atoms with E-state index < -0.39 is 11.7 Å². The number of carbonyl (C=O) groups is 2. The second kappa shape index (κ2) is 9.65. The number of pyridine rings is 1. The first kappa shape index (κ1) is 22.8. The maximum atomic E-state index is 13.3. The van der Waals surface area contributed by atoms with E-state index >= 15 is 0 Å². The molecule has 0 spiro atoms. The number of para-hydroxylation sites is 1. The Bertz CT molecular complexity index is 1120. The van der Waals surface area contributed by atoms with Crippen LogP contribution in [-0.2, 0) is 16.0 Å². The third-order valence-electron chi connectivity index (χ3n) is 5.86. The lowest BCUT2D eigenvalue weighted by atomic mass is 9.92. The standard InChI is InChI=1S/C26H32N4O3/c1-26(2,3)33-25(32)28-14-7-6-10-22(31)30-17-13-20-19-8-4-5-9-21(19)29-23(20)24(30)18-11-15-27-16-12-18/h4-5,8-9,11-12,15-16,24,29H,6-7,10,13-14,17H2,1-3H3,(H,28,32). The van der Waals surface area contributed by atoms with Crippen LogP contribution in [0.5, 0.6) is 0 Å². The van der Waals surface area contributed by atoms with E-state index in [9.17, 15) is 9.59 Å². The van der Waals surface area contributed by atoms with Gasteiger partial charge in [-0.3, -0.25) is 9.78 Å². The Morgan fingerprint density at radius 2 is 1.91 bits per heavy atom. The minimum absolute atomic E-state index is 0.124. The number of benzene rings is 1. The molecular formula is C26H32N4O3. The van der Waals surface area contributed by atoms with E-state index in [4.69, 9.17) is 4.74 Å². The molecule has 7 nitrogen and oxygen atoms in total. The van der Waals surface area contributed by atoms with Crippen LogP contribution in [0.1, 0.15) is 62.9 Å². The van der Waals surface area contributed by atoms with Crippen LogP contribution < -0.4 is 5.32 Å². The van der Waals surface area contributed by atoms with E-state index in [0.717, 1.165) is 29.6 Å². The quantitative estimate of drug-likeness (QED) is 0.534. The fourth-order valence-electron chi connectivity index (χ4n) is 4.45. The van der Waals surface area contributed by atoms with E-state index in [2.05, 4.69) is 33.5 Å². The molecule has 0 bridgehead atoms. The zero-order valence-electron chi connectivity index (χ0n) is 19.6. The van der Waals surface area contributed by atoms with Gasteiger partial charge in [-0.05, 0) is 69.4 Å². The SMILES string of the molecule is CC(C)(C)OC(=O)NCCCCC(=O)N1CCc2c([nH]c3ccccc23)C1c1ccncc1. The van der Waals surface area contributed by atoms with Gasteiger partial charge in [0.25, 0.3) is 0 Å². The molecule has 7 heteroatoms. The molecule has 4 rings (SSSR count). The number of amides is 2. The van der Waals surface area contributed by atoms with Crippen LogP contribution >= 0.6 is 0 Å². The number of unbranched alkanes of at least 4 members (excludes halogenated alkanes) is 1. The van der Waals surface area contributed by atoms with Crippen molar-refractivity contribution in [2.45, 2.75) is 58.1 Å². The monoisotopic (exact) mass is 448 g/mol. The van der Waals surface area contributed by atoms with Gasteiger partial charge in [0.05, 0.1) is 6.04 Å². The first-order valence-electron chi connectivity index (χ1n) is 11.6. The highest BCUT2D eigenvalue weighted by Gasteiger charge is 2.34. The summed E-state index contributed by atoms with van der Waals surface area (Å²) in [6.07, 6.45) is 5.81. The Kier molecular flexibility index (Phi) is 6.67. The maximum absolute atomic E-state index is 13.3. The number of alkyl carbamates (subject to hydrolysis) is 1. The fraction of sp³-hybridized carbons (Fsp3) is 0.423. The predicted octanol–water partition coefficient (Wildman–Crippen LogP) is 4.73. The van der Waals surface area contributed by atoms with Gasteiger partial charge in [0.2, 0.25) is 5.91 Å². The largest absolute Gasteiger partial charge is 0.444 e. The van der Waals surface area contributed by atoms with Gasteiger partial charge in [-0.2, -0.15) is 0 Å². The number of aromatic amines is 1. The summed E-state index contributed by atoms with van der Waals surface area (Å²) in [6.45, 7) is 6.67. The van der Waals surface area contributed by atoms with Crippen molar-refractivity contribution in [1.29, 1.82) is 0 Å². The number of rotatable bonds is 6. The number of aromatic nitrogens is 2. The highest BCUT2D eigenvalue weighted by molar-refractivity contribution is 5.86. The molecule has 1 aliphatic heterocycles. The number of fused-ring (bicyclic) bond motifs is 3. The maximum Gasteiger partial charge on any atom is 0.407 e. The zero-order valence-corrected chi connectivity index (χ0v) is 19.6. The van der Waals surface area contributed by atoms with Gasteiger partial charge in [-0.15, -0.1) is 0 Å². The van der Waals surface area contributed by atoms with Gasteiger partial charge >= 0.3 is 6.09 Å². The van der Waals surface area contributed by atoms with E-state index in [1.54, 1.807) is 12.4 Å². The molecule has 3 heterocycles. The van der Waals surface area contributed by atoms with Crippen LogP contribution in [0.15, 0.2) is 48.8 Å². The van der Waals surface area contributed by atoms with Crippen molar-refractivity contribution in [3.8, 4) is 0 Å².